The molecule has 0 aromatic carbocycles. The molecule has 0 aliphatic rings. The fourth-order valence-electron chi connectivity index (χ4n) is 1.70. The Balaban J connectivity index is 2.39. The molecule has 0 fully saturated rings. The zero-order valence-electron chi connectivity index (χ0n) is 9.95. The summed E-state index contributed by atoms with van der Waals surface area (Å²) in [4.78, 5) is 0. The maximum absolute atomic E-state index is 6.09. The van der Waals surface area contributed by atoms with Crippen molar-refractivity contribution in [1.82, 2.24) is 9.78 Å². The molecule has 1 aromatic rings. The van der Waals surface area contributed by atoms with E-state index in [9.17, 15) is 0 Å². The maximum atomic E-state index is 6.09. The van der Waals surface area contributed by atoms with Gasteiger partial charge in [-0.05, 0) is 12.8 Å². The zero-order valence-corrected chi connectivity index (χ0v) is 9.95. The molecule has 1 aromatic heterocycles. The Labute approximate surface area is 92.7 Å². The van der Waals surface area contributed by atoms with Gasteiger partial charge in [0.25, 0.3) is 0 Å². The average molecular weight is 209 g/mol. The molecule has 0 spiro atoms. The summed E-state index contributed by atoms with van der Waals surface area (Å²) in [5.41, 5.74) is 7.27. The predicted octanol–water partition coefficient (Wildman–Crippen LogP) is 2.87. The summed E-state index contributed by atoms with van der Waals surface area (Å²) in [6.07, 6.45) is 9.93. The summed E-state index contributed by atoms with van der Waals surface area (Å²) in [6.45, 7) is 5.36. The highest BCUT2D eigenvalue weighted by Crippen LogP contribution is 2.16. The van der Waals surface area contributed by atoms with E-state index < -0.39 is 0 Å². The van der Waals surface area contributed by atoms with E-state index in [4.69, 9.17) is 5.73 Å². The van der Waals surface area contributed by atoms with Gasteiger partial charge in [-0.3, -0.25) is 4.68 Å². The number of aryl methyl sites for hydroxylation is 1. The average Bonchev–Trinajstić information content (AvgIpc) is 2.67. The Morgan fingerprint density at radius 2 is 2.13 bits per heavy atom. The van der Waals surface area contributed by atoms with E-state index in [1.165, 1.54) is 24.8 Å². The first kappa shape index (κ1) is 12.2. The third kappa shape index (κ3) is 4.04. The van der Waals surface area contributed by atoms with Crippen LogP contribution in [0.1, 0.15) is 57.6 Å². The molecule has 15 heavy (non-hydrogen) atoms. The van der Waals surface area contributed by atoms with Crippen LogP contribution in [0.15, 0.2) is 12.4 Å². The Morgan fingerprint density at radius 3 is 2.80 bits per heavy atom. The zero-order chi connectivity index (χ0) is 11.1. The highest BCUT2D eigenvalue weighted by molar-refractivity contribution is 5.09. The topological polar surface area (TPSA) is 43.8 Å². The second kappa shape index (κ2) is 6.62. The van der Waals surface area contributed by atoms with Gasteiger partial charge in [0.15, 0.2) is 0 Å². The molecule has 1 heterocycles. The Bertz CT molecular complexity index is 268. The molecule has 1 atom stereocenters. The van der Waals surface area contributed by atoms with Gasteiger partial charge >= 0.3 is 0 Å². The van der Waals surface area contributed by atoms with Crippen molar-refractivity contribution < 1.29 is 0 Å². The lowest BCUT2D eigenvalue weighted by Gasteiger charge is -2.08. The van der Waals surface area contributed by atoms with Gasteiger partial charge < -0.3 is 5.73 Å². The molecule has 1 unspecified atom stereocenters. The van der Waals surface area contributed by atoms with Gasteiger partial charge in [-0.25, -0.2) is 0 Å². The molecule has 0 aliphatic heterocycles. The fraction of sp³-hybridized carbons (Fsp3) is 0.750. The number of hydrogen-bond donors (Lipinski definition) is 1. The molecule has 1 rings (SSSR count). The summed E-state index contributed by atoms with van der Waals surface area (Å²) in [5.74, 6) is 0. The van der Waals surface area contributed by atoms with Crippen LogP contribution in [0.2, 0.25) is 0 Å². The Kier molecular flexibility index (Phi) is 5.40. The van der Waals surface area contributed by atoms with Gasteiger partial charge in [0.2, 0.25) is 0 Å². The van der Waals surface area contributed by atoms with E-state index in [0.29, 0.717) is 0 Å². The minimum atomic E-state index is 0.169. The molecule has 0 radical (unpaired) electrons. The van der Waals surface area contributed by atoms with E-state index in [2.05, 4.69) is 25.1 Å². The first-order valence-corrected chi connectivity index (χ1v) is 6.05. The van der Waals surface area contributed by atoms with Gasteiger partial charge in [0.05, 0.1) is 6.20 Å². The van der Waals surface area contributed by atoms with Crippen LogP contribution in [0.25, 0.3) is 0 Å². The quantitative estimate of drug-likeness (QED) is 0.702. The van der Waals surface area contributed by atoms with E-state index in [1.807, 2.05) is 10.9 Å². The lowest BCUT2D eigenvalue weighted by atomic mass is 10.0. The standard InChI is InChI=1S/C12H23N3/c1-3-5-6-7-12(13)11-9-14-15(10-11)8-4-2/h9-10,12H,3-8,13H2,1-2H3. The number of rotatable bonds is 7. The van der Waals surface area contributed by atoms with Crippen molar-refractivity contribution in [3.05, 3.63) is 18.0 Å². The van der Waals surface area contributed by atoms with Gasteiger partial charge in [-0.2, -0.15) is 5.10 Å². The summed E-state index contributed by atoms with van der Waals surface area (Å²) < 4.78 is 1.98. The van der Waals surface area contributed by atoms with Crippen molar-refractivity contribution in [3.8, 4) is 0 Å². The van der Waals surface area contributed by atoms with Gasteiger partial charge in [-0.1, -0.05) is 33.1 Å². The molecule has 0 aliphatic carbocycles. The Morgan fingerprint density at radius 1 is 1.33 bits per heavy atom. The molecular formula is C12H23N3. The second-order valence-corrected chi connectivity index (χ2v) is 4.14. The number of nitrogens with zero attached hydrogens (tertiary/aromatic N) is 2. The number of unbranched alkanes of at least 4 members (excludes halogenated alkanes) is 2. The van der Waals surface area contributed by atoms with Gasteiger partial charge in [0.1, 0.15) is 0 Å². The Hall–Kier alpha value is -0.830. The van der Waals surface area contributed by atoms with Crippen molar-refractivity contribution in [1.29, 1.82) is 0 Å². The minimum Gasteiger partial charge on any atom is -0.324 e. The van der Waals surface area contributed by atoms with Crippen LogP contribution in [-0.4, -0.2) is 9.78 Å². The molecule has 3 nitrogen and oxygen atoms in total. The van der Waals surface area contributed by atoms with Gasteiger partial charge in [-0.15, -0.1) is 0 Å². The maximum Gasteiger partial charge on any atom is 0.0537 e. The van der Waals surface area contributed by atoms with Crippen LogP contribution in [-0.2, 0) is 6.54 Å². The molecule has 2 N–H and O–H groups in total. The molecule has 0 amide bonds. The van der Waals surface area contributed by atoms with Crippen molar-refractivity contribution in [2.75, 3.05) is 0 Å². The summed E-state index contributed by atoms with van der Waals surface area (Å²) >= 11 is 0. The highest BCUT2D eigenvalue weighted by atomic mass is 15.3. The molecule has 3 heteroatoms. The molecule has 0 saturated heterocycles. The third-order valence-corrected chi connectivity index (χ3v) is 2.65. The van der Waals surface area contributed by atoms with E-state index in [0.717, 1.165) is 19.4 Å². The summed E-state index contributed by atoms with van der Waals surface area (Å²) in [5, 5.41) is 4.29. The van der Waals surface area contributed by atoms with E-state index in [-0.39, 0.29) is 6.04 Å². The largest absolute Gasteiger partial charge is 0.324 e. The lowest BCUT2D eigenvalue weighted by Crippen LogP contribution is -2.09. The van der Waals surface area contributed by atoms with E-state index >= 15 is 0 Å². The van der Waals surface area contributed by atoms with Crippen LogP contribution in [0.3, 0.4) is 0 Å². The third-order valence-electron chi connectivity index (χ3n) is 2.65. The van der Waals surface area contributed by atoms with Crippen molar-refractivity contribution in [2.24, 2.45) is 5.73 Å². The highest BCUT2D eigenvalue weighted by Gasteiger charge is 2.07. The fourth-order valence-corrected chi connectivity index (χ4v) is 1.70. The molecular weight excluding hydrogens is 186 g/mol. The first-order valence-electron chi connectivity index (χ1n) is 6.05. The van der Waals surface area contributed by atoms with Crippen molar-refractivity contribution >= 4 is 0 Å². The number of nitrogens with two attached hydrogens (primary N) is 1. The van der Waals surface area contributed by atoms with Crippen molar-refractivity contribution in [3.63, 3.8) is 0 Å². The predicted molar refractivity (Wildman–Crippen MR) is 63.6 cm³/mol. The molecule has 0 saturated carbocycles. The number of hydrogen-bond acceptors (Lipinski definition) is 2. The first-order chi connectivity index (χ1) is 7.27. The smallest absolute Gasteiger partial charge is 0.0537 e. The van der Waals surface area contributed by atoms with Crippen LogP contribution in [0, 0.1) is 0 Å². The van der Waals surface area contributed by atoms with E-state index in [1.54, 1.807) is 0 Å². The summed E-state index contributed by atoms with van der Waals surface area (Å²) in [7, 11) is 0. The van der Waals surface area contributed by atoms with Crippen LogP contribution in [0.4, 0.5) is 0 Å². The second-order valence-electron chi connectivity index (χ2n) is 4.14. The monoisotopic (exact) mass is 209 g/mol. The molecule has 0 bridgehead atoms. The normalized spacial score (nSPS) is 13.0. The van der Waals surface area contributed by atoms with Crippen LogP contribution in [0.5, 0.6) is 0 Å². The number of aromatic nitrogens is 2. The lowest BCUT2D eigenvalue weighted by molar-refractivity contribution is 0.576. The van der Waals surface area contributed by atoms with Crippen LogP contribution < -0.4 is 5.73 Å². The SMILES string of the molecule is CCCCCC(N)c1cnn(CCC)c1. The molecule has 86 valence electrons. The van der Waals surface area contributed by atoms with Crippen molar-refractivity contribution in [2.45, 2.75) is 58.5 Å². The van der Waals surface area contributed by atoms with Crippen LogP contribution >= 0.6 is 0 Å². The summed E-state index contributed by atoms with van der Waals surface area (Å²) in [6, 6.07) is 0.169. The minimum absolute atomic E-state index is 0.169. The van der Waals surface area contributed by atoms with Gasteiger partial charge in [0, 0.05) is 24.3 Å².